The summed E-state index contributed by atoms with van der Waals surface area (Å²) in [4.78, 5) is 22.0. The molecule has 1 rings (SSSR count). The zero-order valence-electron chi connectivity index (χ0n) is 7.84. The molecule has 0 aliphatic carbocycles. The summed E-state index contributed by atoms with van der Waals surface area (Å²) in [5.74, 6) is -0.765. The molecule has 0 spiro atoms. The monoisotopic (exact) mass is 204 g/mol. The second-order valence-corrected chi connectivity index (χ2v) is 2.96. The summed E-state index contributed by atoms with van der Waals surface area (Å²) >= 11 is 0. The van der Waals surface area contributed by atoms with E-state index in [0.717, 1.165) is 5.01 Å². The summed E-state index contributed by atoms with van der Waals surface area (Å²) in [6, 6.07) is -0.887. The van der Waals surface area contributed by atoms with E-state index in [1.165, 1.54) is 13.8 Å². The minimum absolute atomic E-state index is 0.106. The van der Waals surface area contributed by atoms with Crippen molar-refractivity contribution in [3.8, 4) is 0 Å². The maximum absolute atomic E-state index is 11.0. The van der Waals surface area contributed by atoms with E-state index in [1.54, 1.807) is 0 Å². The molecule has 1 unspecified atom stereocenters. The van der Waals surface area contributed by atoms with E-state index in [4.69, 9.17) is 5.21 Å². The van der Waals surface area contributed by atoms with E-state index in [2.05, 4.69) is 0 Å². The average molecular weight is 204 g/mol. The predicted molar refractivity (Wildman–Crippen MR) is 42.2 cm³/mol. The van der Waals surface area contributed by atoms with Gasteiger partial charge in [0.25, 0.3) is 0 Å². The van der Waals surface area contributed by atoms with Crippen LogP contribution in [0.4, 0.5) is 0 Å². The molecule has 8 nitrogen and oxygen atoms in total. The Morgan fingerprint density at radius 2 is 1.93 bits per heavy atom. The van der Waals surface area contributed by atoms with Crippen molar-refractivity contribution in [2.24, 2.45) is 0 Å². The SMILES string of the molecule is CC(=O)C1CN(C(C)=O)N(O)NN1O. The Kier molecular flexibility index (Phi) is 3.13. The molecule has 1 aliphatic heterocycles. The number of hydrazine groups is 3. The molecule has 0 radical (unpaired) electrons. The number of carbonyl (C=O) groups excluding carboxylic acids is 2. The van der Waals surface area contributed by atoms with Gasteiger partial charge in [0.2, 0.25) is 5.91 Å². The van der Waals surface area contributed by atoms with Gasteiger partial charge in [0.05, 0.1) is 6.54 Å². The van der Waals surface area contributed by atoms with Gasteiger partial charge in [0.1, 0.15) is 6.04 Å². The van der Waals surface area contributed by atoms with E-state index in [9.17, 15) is 14.8 Å². The lowest BCUT2D eigenvalue weighted by molar-refractivity contribution is -0.380. The van der Waals surface area contributed by atoms with Gasteiger partial charge in [-0.15, -0.1) is 5.53 Å². The van der Waals surface area contributed by atoms with E-state index in [1.807, 2.05) is 5.53 Å². The van der Waals surface area contributed by atoms with Gasteiger partial charge in [0.15, 0.2) is 5.78 Å². The highest BCUT2D eigenvalue weighted by molar-refractivity contribution is 5.82. The third-order valence-corrected chi connectivity index (χ3v) is 1.89. The maximum Gasteiger partial charge on any atom is 0.236 e. The Hall–Kier alpha value is -1.06. The van der Waals surface area contributed by atoms with Crippen LogP contribution in [-0.2, 0) is 9.59 Å². The van der Waals surface area contributed by atoms with Gasteiger partial charge < -0.3 is 0 Å². The highest BCUT2D eigenvalue weighted by atomic mass is 16.7. The lowest BCUT2D eigenvalue weighted by Gasteiger charge is -2.40. The van der Waals surface area contributed by atoms with Gasteiger partial charge >= 0.3 is 0 Å². The van der Waals surface area contributed by atoms with Crippen molar-refractivity contribution >= 4 is 11.7 Å². The average Bonchev–Trinajstić information content (AvgIpc) is 2.02. The van der Waals surface area contributed by atoms with Crippen LogP contribution in [0.3, 0.4) is 0 Å². The first kappa shape index (κ1) is 11.0. The Balaban J connectivity index is 2.75. The normalized spacial score (nSPS) is 25.1. The Bertz CT molecular complexity index is 234. The van der Waals surface area contributed by atoms with E-state index in [-0.39, 0.29) is 12.3 Å². The smallest absolute Gasteiger partial charge is 0.236 e. The fraction of sp³-hybridized carbons (Fsp3) is 0.667. The molecule has 1 fully saturated rings. The summed E-state index contributed by atoms with van der Waals surface area (Å²) in [7, 11) is 0. The van der Waals surface area contributed by atoms with Crippen molar-refractivity contribution in [2.75, 3.05) is 6.54 Å². The molecular weight excluding hydrogens is 192 g/mol. The molecule has 0 aromatic rings. The lowest BCUT2D eigenvalue weighted by Crippen LogP contribution is -2.68. The minimum Gasteiger partial charge on any atom is -0.298 e. The molecule has 80 valence electrons. The Morgan fingerprint density at radius 3 is 2.36 bits per heavy atom. The van der Waals surface area contributed by atoms with Crippen molar-refractivity contribution in [2.45, 2.75) is 19.9 Å². The van der Waals surface area contributed by atoms with E-state index in [0.29, 0.717) is 10.5 Å². The molecule has 8 heteroatoms. The molecule has 3 N–H and O–H groups in total. The quantitative estimate of drug-likeness (QED) is 0.479. The van der Waals surface area contributed by atoms with Crippen LogP contribution in [0.1, 0.15) is 13.8 Å². The first-order valence-electron chi connectivity index (χ1n) is 3.95. The fourth-order valence-corrected chi connectivity index (χ4v) is 1.10. The second-order valence-electron chi connectivity index (χ2n) is 2.96. The highest BCUT2D eigenvalue weighted by Crippen LogP contribution is 2.07. The summed E-state index contributed by atoms with van der Waals surface area (Å²) in [6.07, 6.45) is 0. The standard InChI is InChI=1S/C6H12N4O4/c1-4(11)6-3-8(5(2)12)10(14)7-9(6)13/h6-7,13-14H,3H2,1-2H3. The molecule has 0 aromatic heterocycles. The van der Waals surface area contributed by atoms with Crippen LogP contribution in [-0.4, -0.2) is 50.2 Å². The van der Waals surface area contributed by atoms with Crippen LogP contribution in [0.2, 0.25) is 0 Å². The fourth-order valence-electron chi connectivity index (χ4n) is 1.10. The summed E-state index contributed by atoms with van der Waals surface area (Å²) in [5, 5.41) is 19.9. The van der Waals surface area contributed by atoms with Crippen molar-refractivity contribution in [1.82, 2.24) is 21.0 Å². The number of nitrogens with one attached hydrogen (secondary N) is 1. The lowest BCUT2D eigenvalue weighted by atomic mass is 10.2. The molecule has 14 heavy (non-hydrogen) atoms. The van der Waals surface area contributed by atoms with Crippen LogP contribution in [0.5, 0.6) is 0 Å². The number of hydrogen-bond acceptors (Lipinski definition) is 7. The molecule has 1 aliphatic rings. The van der Waals surface area contributed by atoms with Crippen LogP contribution in [0.15, 0.2) is 0 Å². The van der Waals surface area contributed by atoms with Gasteiger partial charge in [-0.1, -0.05) is 5.17 Å². The minimum atomic E-state index is -0.887. The molecule has 1 saturated heterocycles. The van der Waals surface area contributed by atoms with E-state index >= 15 is 0 Å². The molecule has 1 amide bonds. The van der Waals surface area contributed by atoms with Crippen LogP contribution >= 0.6 is 0 Å². The molecule has 0 bridgehead atoms. The Morgan fingerprint density at radius 1 is 1.36 bits per heavy atom. The van der Waals surface area contributed by atoms with Crippen LogP contribution in [0.25, 0.3) is 0 Å². The number of nitrogens with zero attached hydrogens (tertiary/aromatic N) is 3. The van der Waals surface area contributed by atoms with Gasteiger partial charge in [-0.25, -0.2) is 5.01 Å². The zero-order valence-corrected chi connectivity index (χ0v) is 7.84. The summed E-state index contributed by atoms with van der Waals surface area (Å²) < 4.78 is 0. The molecule has 1 heterocycles. The summed E-state index contributed by atoms with van der Waals surface area (Å²) in [5.41, 5.74) is 2.00. The van der Waals surface area contributed by atoms with Crippen molar-refractivity contribution < 1.29 is 20.0 Å². The third kappa shape index (κ3) is 2.05. The van der Waals surface area contributed by atoms with Crippen molar-refractivity contribution in [3.05, 3.63) is 0 Å². The number of rotatable bonds is 1. The van der Waals surface area contributed by atoms with Crippen molar-refractivity contribution in [1.29, 1.82) is 0 Å². The zero-order chi connectivity index (χ0) is 10.9. The van der Waals surface area contributed by atoms with Gasteiger partial charge in [-0.3, -0.25) is 20.0 Å². The van der Waals surface area contributed by atoms with Crippen molar-refractivity contribution in [3.63, 3.8) is 0 Å². The number of ketones is 1. The summed E-state index contributed by atoms with van der Waals surface area (Å²) in [6.45, 7) is 2.40. The first-order valence-corrected chi connectivity index (χ1v) is 3.95. The molecule has 1 atom stereocenters. The third-order valence-electron chi connectivity index (χ3n) is 1.89. The predicted octanol–water partition coefficient (Wildman–Crippen LogP) is -1.48. The number of hydroxylamine groups is 1. The first-order chi connectivity index (χ1) is 6.43. The van der Waals surface area contributed by atoms with Crippen LogP contribution in [0, 0.1) is 0 Å². The topological polar surface area (TPSA) is 96.4 Å². The maximum atomic E-state index is 11.0. The molecule has 0 aromatic carbocycles. The van der Waals surface area contributed by atoms with E-state index < -0.39 is 11.9 Å². The van der Waals surface area contributed by atoms with Gasteiger partial charge in [0, 0.05) is 6.92 Å². The van der Waals surface area contributed by atoms with Gasteiger partial charge in [-0.2, -0.15) is 0 Å². The molecular formula is C6H12N4O4. The number of Topliss-reactive ketones (excluding diaryl/α,β-unsaturated/α-hetero) is 1. The largest absolute Gasteiger partial charge is 0.298 e. The van der Waals surface area contributed by atoms with Gasteiger partial charge in [-0.05, 0) is 12.2 Å². The van der Waals surface area contributed by atoms with Crippen LogP contribution < -0.4 is 5.53 Å². The highest BCUT2D eigenvalue weighted by Gasteiger charge is 2.35. The number of carbonyl (C=O) groups is 2. The second kappa shape index (κ2) is 3.98. The Labute approximate surface area is 80.1 Å². The number of amides is 1. The number of hydrogen-bond donors (Lipinski definition) is 3. The molecule has 0 saturated carbocycles.